The van der Waals surface area contributed by atoms with Gasteiger partial charge in [0.15, 0.2) is 5.84 Å². The molecule has 0 fully saturated rings. The smallest absolute Gasteiger partial charge is 0.159 e. The highest BCUT2D eigenvalue weighted by Crippen LogP contribution is 2.43. The van der Waals surface area contributed by atoms with Gasteiger partial charge in [0.05, 0.1) is 16.7 Å². The van der Waals surface area contributed by atoms with Crippen LogP contribution < -0.4 is 5.32 Å². The largest absolute Gasteiger partial charge is 0.455 e. The zero-order valence-corrected chi connectivity index (χ0v) is 31.4. The van der Waals surface area contributed by atoms with Gasteiger partial charge < -0.3 is 14.3 Å². The molecule has 4 heterocycles. The number of amidine groups is 2. The highest BCUT2D eigenvalue weighted by Gasteiger charge is 2.23. The van der Waals surface area contributed by atoms with E-state index in [0.29, 0.717) is 5.84 Å². The van der Waals surface area contributed by atoms with Crippen molar-refractivity contribution >= 4 is 86.9 Å². The number of aromatic nitrogens is 1. The summed E-state index contributed by atoms with van der Waals surface area (Å²) in [6.07, 6.45) is -0.265. The molecule has 0 aliphatic carbocycles. The number of para-hydroxylation sites is 3. The van der Waals surface area contributed by atoms with Gasteiger partial charge in [-0.2, -0.15) is 0 Å². The summed E-state index contributed by atoms with van der Waals surface area (Å²) in [5, 5.41) is 10.7. The fraction of sp³-hybridized carbons (Fsp3) is 0.0196. The number of fused-ring (bicyclic) bond motifs is 9. The van der Waals surface area contributed by atoms with Crippen LogP contribution in [0.1, 0.15) is 22.9 Å². The Balaban J connectivity index is 0.975. The first-order valence-electron chi connectivity index (χ1n) is 19.2. The number of nitrogens with zero attached hydrogens (tertiary/aromatic N) is 3. The lowest BCUT2D eigenvalue weighted by molar-refractivity contribution is 0.669. The van der Waals surface area contributed by atoms with E-state index in [2.05, 4.69) is 155 Å². The van der Waals surface area contributed by atoms with Crippen molar-refractivity contribution in [2.75, 3.05) is 0 Å². The fourth-order valence-electron chi connectivity index (χ4n) is 8.64. The molecule has 1 N–H and O–H groups in total. The summed E-state index contributed by atoms with van der Waals surface area (Å²) in [5.74, 6) is 1.48. The SMILES string of the molecule is c1ccc(C2=NC(c3ccc4oc5c(-c6ccc7c(c6)sc6cccc(-n8c9ccccc9c9ccccc98)c67)cccc5c4c3)=NC(c3ccccc3)N2)cc1. The molecule has 0 spiro atoms. The Bertz CT molecular complexity index is 3390. The molecule has 1 aliphatic heterocycles. The molecule has 1 unspecified atom stereocenters. The van der Waals surface area contributed by atoms with Crippen molar-refractivity contribution < 1.29 is 4.42 Å². The minimum atomic E-state index is -0.265. The van der Waals surface area contributed by atoms with Gasteiger partial charge in [-0.15, -0.1) is 11.3 Å². The maximum atomic E-state index is 6.69. The predicted molar refractivity (Wildman–Crippen MR) is 238 cm³/mol. The van der Waals surface area contributed by atoms with Crippen molar-refractivity contribution in [3.63, 3.8) is 0 Å². The van der Waals surface area contributed by atoms with Gasteiger partial charge >= 0.3 is 0 Å². The van der Waals surface area contributed by atoms with Crippen LogP contribution in [0.5, 0.6) is 0 Å². The van der Waals surface area contributed by atoms with Crippen molar-refractivity contribution in [2.45, 2.75) is 6.17 Å². The van der Waals surface area contributed by atoms with E-state index in [4.69, 9.17) is 14.4 Å². The third-order valence-corrected chi connectivity index (χ3v) is 12.4. The minimum Gasteiger partial charge on any atom is -0.455 e. The Kier molecular flexibility index (Phi) is 7.09. The van der Waals surface area contributed by atoms with Gasteiger partial charge in [0.1, 0.15) is 23.2 Å². The predicted octanol–water partition coefficient (Wildman–Crippen LogP) is 13.2. The Morgan fingerprint density at radius 1 is 0.526 bits per heavy atom. The molecule has 0 radical (unpaired) electrons. The average molecular weight is 749 g/mol. The molecule has 3 aromatic heterocycles. The Labute approximate surface area is 331 Å². The second-order valence-electron chi connectivity index (χ2n) is 14.6. The summed E-state index contributed by atoms with van der Waals surface area (Å²) in [6, 6.07) is 64.3. The maximum absolute atomic E-state index is 6.69. The second-order valence-corrected chi connectivity index (χ2v) is 15.6. The Morgan fingerprint density at radius 2 is 1.23 bits per heavy atom. The highest BCUT2D eigenvalue weighted by molar-refractivity contribution is 7.26. The number of rotatable bonds is 5. The van der Waals surface area contributed by atoms with E-state index in [-0.39, 0.29) is 6.17 Å². The average Bonchev–Trinajstić information content (AvgIpc) is 3.96. The van der Waals surface area contributed by atoms with Gasteiger partial charge in [-0.25, -0.2) is 9.98 Å². The highest BCUT2D eigenvalue weighted by atomic mass is 32.1. The number of benzene rings is 8. The molecule has 1 atom stereocenters. The molecular formula is C51H32N4OS. The van der Waals surface area contributed by atoms with Crippen molar-refractivity contribution in [3.05, 3.63) is 199 Å². The van der Waals surface area contributed by atoms with Crippen LogP contribution in [-0.4, -0.2) is 16.2 Å². The Hall–Kier alpha value is -7.28. The van der Waals surface area contributed by atoms with E-state index in [9.17, 15) is 0 Å². The number of hydrogen-bond donors (Lipinski definition) is 1. The van der Waals surface area contributed by atoms with Gasteiger partial charge in [-0.1, -0.05) is 133 Å². The summed E-state index contributed by atoms with van der Waals surface area (Å²) in [4.78, 5) is 10.2. The minimum absolute atomic E-state index is 0.265. The number of nitrogens with one attached hydrogen (secondary N) is 1. The van der Waals surface area contributed by atoms with Crippen LogP contribution in [0.4, 0.5) is 0 Å². The summed E-state index contributed by atoms with van der Waals surface area (Å²) in [7, 11) is 0. The zero-order chi connectivity index (χ0) is 37.5. The molecule has 5 nitrogen and oxygen atoms in total. The molecule has 8 aromatic carbocycles. The van der Waals surface area contributed by atoms with Crippen LogP contribution in [0.2, 0.25) is 0 Å². The first kappa shape index (κ1) is 32.0. The van der Waals surface area contributed by atoms with Crippen LogP contribution in [0.3, 0.4) is 0 Å². The molecule has 0 amide bonds. The number of hydrogen-bond acceptors (Lipinski definition) is 5. The van der Waals surface area contributed by atoms with Gasteiger partial charge in [0.25, 0.3) is 0 Å². The molecule has 268 valence electrons. The van der Waals surface area contributed by atoms with Crippen molar-refractivity contribution in [1.82, 2.24) is 9.88 Å². The molecule has 57 heavy (non-hydrogen) atoms. The molecule has 12 rings (SSSR count). The normalized spacial score (nSPS) is 14.5. The lowest BCUT2D eigenvalue weighted by atomic mass is 10.00. The number of aliphatic imine (C=N–C) groups is 2. The van der Waals surface area contributed by atoms with Gasteiger partial charge in [-0.05, 0) is 59.7 Å². The quantitative estimate of drug-likeness (QED) is 0.191. The van der Waals surface area contributed by atoms with Crippen LogP contribution in [0, 0.1) is 0 Å². The van der Waals surface area contributed by atoms with Gasteiger partial charge in [0, 0.05) is 58.4 Å². The maximum Gasteiger partial charge on any atom is 0.159 e. The first-order chi connectivity index (χ1) is 28.2. The Morgan fingerprint density at radius 3 is 2.04 bits per heavy atom. The molecular weight excluding hydrogens is 717 g/mol. The zero-order valence-electron chi connectivity index (χ0n) is 30.6. The van der Waals surface area contributed by atoms with Crippen LogP contribution in [-0.2, 0) is 0 Å². The summed E-state index contributed by atoms with van der Waals surface area (Å²) < 4.78 is 11.6. The van der Waals surface area contributed by atoms with Crippen LogP contribution in [0.15, 0.2) is 196 Å². The summed E-state index contributed by atoms with van der Waals surface area (Å²) in [5.41, 5.74) is 10.6. The fourth-order valence-corrected chi connectivity index (χ4v) is 9.80. The van der Waals surface area contributed by atoms with Gasteiger partial charge in [-0.3, -0.25) is 0 Å². The van der Waals surface area contributed by atoms with E-state index >= 15 is 0 Å². The standard InChI is InChI=1S/C51H32N4OS/c1-3-13-31(14-4-1)49-52-50(32-15-5-2-6-16-32)54-51(53-49)34-26-28-44-40(29-34)38-20-11-19-35(48(38)56-44)33-25-27-39-46(30-33)57-45-24-12-23-43(47(39)45)55-41-21-9-7-17-36(41)37-18-8-10-22-42(37)55/h1-30,49H,(H,52,53,54). The summed E-state index contributed by atoms with van der Waals surface area (Å²) in [6.45, 7) is 0. The van der Waals surface area contributed by atoms with Crippen molar-refractivity contribution in [3.8, 4) is 16.8 Å². The van der Waals surface area contributed by atoms with Crippen LogP contribution >= 0.6 is 11.3 Å². The first-order valence-corrected chi connectivity index (χ1v) is 20.0. The van der Waals surface area contributed by atoms with E-state index in [1.807, 2.05) is 47.7 Å². The van der Waals surface area contributed by atoms with Crippen LogP contribution in [0.25, 0.3) is 80.7 Å². The third kappa shape index (κ3) is 5.08. The molecule has 1 aliphatic rings. The van der Waals surface area contributed by atoms with Crippen molar-refractivity contribution in [1.29, 1.82) is 0 Å². The molecule has 0 saturated carbocycles. The molecule has 0 saturated heterocycles. The van der Waals surface area contributed by atoms with Crippen molar-refractivity contribution in [2.24, 2.45) is 9.98 Å². The molecule has 11 aromatic rings. The number of furan rings is 1. The van der Waals surface area contributed by atoms with E-state index < -0.39 is 0 Å². The molecule has 0 bridgehead atoms. The van der Waals surface area contributed by atoms with E-state index in [0.717, 1.165) is 55.6 Å². The second kappa shape index (κ2) is 12.6. The van der Waals surface area contributed by atoms with Gasteiger partial charge in [0.2, 0.25) is 0 Å². The third-order valence-electron chi connectivity index (χ3n) is 11.3. The molecule has 6 heteroatoms. The number of thiophene rings is 1. The topological polar surface area (TPSA) is 54.8 Å². The van der Waals surface area contributed by atoms with E-state index in [1.165, 1.54) is 47.7 Å². The van der Waals surface area contributed by atoms with E-state index in [1.54, 1.807) is 0 Å². The lowest BCUT2D eigenvalue weighted by Gasteiger charge is -2.23. The lowest BCUT2D eigenvalue weighted by Crippen LogP contribution is -2.33. The monoisotopic (exact) mass is 748 g/mol. The summed E-state index contributed by atoms with van der Waals surface area (Å²) >= 11 is 1.84.